The van der Waals surface area contributed by atoms with Crippen molar-refractivity contribution in [2.45, 2.75) is 4.90 Å². The molecular formula is C9H7NO4S2. The lowest BCUT2D eigenvalue weighted by molar-refractivity contribution is 0.543. The molecule has 0 aliphatic rings. The lowest BCUT2D eigenvalue weighted by atomic mass is 10.2. The van der Waals surface area contributed by atoms with Crippen molar-refractivity contribution in [3.63, 3.8) is 0 Å². The van der Waals surface area contributed by atoms with E-state index in [1.54, 1.807) is 12.1 Å². The number of hydrogen-bond donors (Lipinski definition) is 0. The van der Waals surface area contributed by atoms with Crippen LogP contribution in [-0.2, 0) is 9.84 Å². The highest BCUT2D eigenvalue weighted by Crippen LogP contribution is 2.18. The maximum Gasteiger partial charge on any atom is 0.414 e. The number of aromatic nitrogens is 1. The fourth-order valence-corrected chi connectivity index (χ4v) is 2.20. The van der Waals surface area contributed by atoms with Crippen LogP contribution in [0, 0.1) is 0 Å². The van der Waals surface area contributed by atoms with Crippen molar-refractivity contribution in [1.82, 2.24) is 4.37 Å². The van der Waals surface area contributed by atoms with Gasteiger partial charge in [0, 0.05) is 11.8 Å². The summed E-state index contributed by atoms with van der Waals surface area (Å²) in [4.78, 5) is 10.5. The van der Waals surface area contributed by atoms with E-state index in [9.17, 15) is 13.2 Å². The van der Waals surface area contributed by atoms with E-state index >= 15 is 0 Å². The second kappa shape index (κ2) is 3.84. The second-order valence-electron chi connectivity index (χ2n) is 3.14. The number of rotatable bonds is 2. The van der Waals surface area contributed by atoms with Gasteiger partial charge in [0.25, 0.3) is 0 Å². The van der Waals surface area contributed by atoms with Crippen molar-refractivity contribution < 1.29 is 12.8 Å². The van der Waals surface area contributed by atoms with Crippen LogP contribution in [0.5, 0.6) is 0 Å². The average molecular weight is 257 g/mol. The van der Waals surface area contributed by atoms with E-state index < -0.39 is 14.8 Å². The third-order valence-corrected chi connectivity index (χ3v) is 3.53. The van der Waals surface area contributed by atoms with Gasteiger partial charge in [-0.3, -0.25) is 0 Å². The molecule has 1 aromatic heterocycles. The summed E-state index contributed by atoms with van der Waals surface area (Å²) in [5.41, 5.74) is 0.575. The highest BCUT2D eigenvalue weighted by molar-refractivity contribution is 7.90. The minimum absolute atomic E-state index is 0.204. The van der Waals surface area contributed by atoms with Gasteiger partial charge < -0.3 is 4.42 Å². The van der Waals surface area contributed by atoms with Gasteiger partial charge >= 0.3 is 4.94 Å². The van der Waals surface area contributed by atoms with E-state index in [0.29, 0.717) is 5.56 Å². The fourth-order valence-electron chi connectivity index (χ4n) is 1.15. The Kier molecular flexibility index (Phi) is 2.64. The predicted octanol–water partition coefficient (Wildman–Crippen LogP) is 1.17. The van der Waals surface area contributed by atoms with E-state index in [1.165, 1.54) is 12.1 Å². The van der Waals surface area contributed by atoms with Crippen LogP contribution < -0.4 is 4.94 Å². The van der Waals surface area contributed by atoms with Crippen LogP contribution in [0.25, 0.3) is 11.5 Å². The number of sulfone groups is 1. The zero-order chi connectivity index (χ0) is 11.8. The molecule has 0 saturated heterocycles. The van der Waals surface area contributed by atoms with Crippen molar-refractivity contribution in [2.24, 2.45) is 0 Å². The maximum absolute atomic E-state index is 11.2. The van der Waals surface area contributed by atoms with Crippen molar-refractivity contribution >= 4 is 21.4 Å². The molecule has 84 valence electrons. The smallest absolute Gasteiger partial charge is 0.394 e. The first-order valence-electron chi connectivity index (χ1n) is 4.24. The van der Waals surface area contributed by atoms with E-state index in [0.717, 1.165) is 17.8 Å². The number of benzene rings is 1. The SMILES string of the molecule is CS(=O)(=O)c1ccc(-c2nsc(=O)o2)cc1. The molecule has 0 fully saturated rings. The van der Waals surface area contributed by atoms with Crippen LogP contribution >= 0.6 is 11.5 Å². The second-order valence-corrected chi connectivity index (χ2v) is 5.85. The molecule has 0 unspecified atom stereocenters. The molecule has 0 spiro atoms. The Labute approximate surface area is 95.4 Å². The molecule has 1 aromatic carbocycles. The Morgan fingerprint density at radius 1 is 1.25 bits per heavy atom. The van der Waals surface area contributed by atoms with Crippen LogP contribution in [0.2, 0.25) is 0 Å². The molecular weight excluding hydrogens is 250 g/mol. The summed E-state index contributed by atoms with van der Waals surface area (Å²) >= 11 is 0.719. The molecule has 0 N–H and O–H groups in total. The van der Waals surface area contributed by atoms with Crippen molar-refractivity contribution in [2.75, 3.05) is 6.26 Å². The van der Waals surface area contributed by atoms with Gasteiger partial charge in [-0.05, 0) is 24.3 Å². The van der Waals surface area contributed by atoms with Gasteiger partial charge in [0.1, 0.15) is 0 Å². The molecule has 2 aromatic rings. The van der Waals surface area contributed by atoms with Gasteiger partial charge in [0.05, 0.1) is 16.4 Å². The van der Waals surface area contributed by atoms with E-state index in [2.05, 4.69) is 4.37 Å². The highest BCUT2D eigenvalue weighted by Gasteiger charge is 2.09. The highest BCUT2D eigenvalue weighted by atomic mass is 32.2. The molecule has 7 heteroatoms. The first-order chi connectivity index (χ1) is 7.47. The first-order valence-corrected chi connectivity index (χ1v) is 6.90. The Balaban J connectivity index is 2.44. The summed E-state index contributed by atoms with van der Waals surface area (Å²) in [5, 5.41) is 0. The van der Waals surface area contributed by atoms with Crippen LogP contribution in [0.15, 0.2) is 38.4 Å². The van der Waals surface area contributed by atoms with Crippen molar-refractivity contribution in [3.8, 4) is 11.5 Å². The minimum Gasteiger partial charge on any atom is -0.394 e. The predicted molar refractivity (Wildman–Crippen MR) is 59.2 cm³/mol. The summed E-state index contributed by atoms with van der Waals surface area (Å²) in [7, 11) is -3.21. The molecule has 0 aliphatic carbocycles. The fraction of sp³-hybridized carbons (Fsp3) is 0.111. The molecule has 16 heavy (non-hydrogen) atoms. The molecule has 0 bridgehead atoms. The van der Waals surface area contributed by atoms with E-state index in [4.69, 9.17) is 4.42 Å². The number of nitrogens with zero attached hydrogens (tertiary/aromatic N) is 1. The molecule has 2 rings (SSSR count). The topological polar surface area (TPSA) is 77.2 Å². The normalized spacial score (nSPS) is 11.6. The molecule has 0 saturated carbocycles. The quantitative estimate of drug-likeness (QED) is 0.807. The van der Waals surface area contributed by atoms with Gasteiger partial charge in [-0.1, -0.05) is 0 Å². The zero-order valence-corrected chi connectivity index (χ0v) is 9.84. The zero-order valence-electron chi connectivity index (χ0n) is 8.21. The lowest BCUT2D eigenvalue weighted by Crippen LogP contribution is -1.96. The van der Waals surface area contributed by atoms with E-state index in [-0.39, 0.29) is 10.8 Å². The average Bonchev–Trinajstić information content (AvgIpc) is 2.64. The standard InChI is InChI=1S/C9H7NO4S2/c1-16(12,13)7-4-2-6(3-5-7)8-10-15-9(11)14-8/h2-5H,1H3. The van der Waals surface area contributed by atoms with Crippen LogP contribution in [-0.4, -0.2) is 19.0 Å². The summed E-state index contributed by atoms with van der Waals surface area (Å²) in [6.45, 7) is 0. The third kappa shape index (κ3) is 2.20. The van der Waals surface area contributed by atoms with Crippen LogP contribution in [0.1, 0.15) is 0 Å². The molecule has 0 amide bonds. The molecule has 0 aliphatic heterocycles. The molecule has 5 nitrogen and oxygen atoms in total. The van der Waals surface area contributed by atoms with Crippen molar-refractivity contribution in [3.05, 3.63) is 34.0 Å². The minimum atomic E-state index is -3.21. The third-order valence-electron chi connectivity index (χ3n) is 1.91. The largest absolute Gasteiger partial charge is 0.414 e. The Hall–Kier alpha value is -1.47. The van der Waals surface area contributed by atoms with Gasteiger partial charge in [-0.15, -0.1) is 4.37 Å². The Morgan fingerprint density at radius 3 is 2.31 bits per heavy atom. The Bertz CT molecular complexity index is 651. The molecule has 0 radical (unpaired) electrons. The van der Waals surface area contributed by atoms with E-state index in [1.807, 2.05) is 0 Å². The monoisotopic (exact) mass is 257 g/mol. The summed E-state index contributed by atoms with van der Waals surface area (Å²) < 4.78 is 31.0. The molecule has 1 heterocycles. The van der Waals surface area contributed by atoms with Crippen LogP contribution in [0.4, 0.5) is 0 Å². The summed E-state index contributed by atoms with van der Waals surface area (Å²) in [6.07, 6.45) is 1.13. The first kappa shape index (κ1) is 11.0. The maximum atomic E-state index is 11.2. The molecule has 0 atom stereocenters. The summed E-state index contributed by atoms with van der Waals surface area (Å²) in [6, 6.07) is 6.00. The van der Waals surface area contributed by atoms with Gasteiger partial charge in [-0.25, -0.2) is 13.2 Å². The van der Waals surface area contributed by atoms with Gasteiger partial charge in [0.15, 0.2) is 9.84 Å². The van der Waals surface area contributed by atoms with Gasteiger partial charge in [-0.2, -0.15) is 0 Å². The number of hydrogen-bond acceptors (Lipinski definition) is 6. The van der Waals surface area contributed by atoms with Crippen molar-refractivity contribution in [1.29, 1.82) is 0 Å². The lowest BCUT2D eigenvalue weighted by Gasteiger charge is -1.98. The van der Waals surface area contributed by atoms with Crippen LogP contribution in [0.3, 0.4) is 0 Å². The Morgan fingerprint density at radius 2 is 1.88 bits per heavy atom. The summed E-state index contributed by atoms with van der Waals surface area (Å²) in [5.74, 6) is 0.204. The van der Waals surface area contributed by atoms with Gasteiger partial charge in [0.2, 0.25) is 5.89 Å².